The molecule has 0 saturated heterocycles. The number of aromatic nitrogens is 1. The number of hydrogen-bond donors (Lipinski definition) is 1. The van der Waals surface area contributed by atoms with Gasteiger partial charge < -0.3 is 9.84 Å². The van der Waals surface area contributed by atoms with Gasteiger partial charge in [-0.05, 0) is 55.0 Å². The normalized spacial score (nSPS) is 13.6. The second-order valence-corrected chi connectivity index (χ2v) is 4.92. The molecule has 1 aromatic carbocycles. The summed E-state index contributed by atoms with van der Waals surface area (Å²) >= 11 is 0. The van der Waals surface area contributed by atoms with Crippen molar-refractivity contribution in [3.05, 3.63) is 53.3 Å². The Labute approximate surface area is 117 Å². The molecule has 1 aliphatic carbocycles. The Morgan fingerprint density at radius 2 is 1.80 bits per heavy atom. The number of ether oxygens (including phenoxy) is 1. The summed E-state index contributed by atoms with van der Waals surface area (Å²) in [5.41, 5.74) is 2.71. The Bertz CT molecular complexity index is 652. The van der Waals surface area contributed by atoms with Gasteiger partial charge in [-0.3, -0.25) is 0 Å². The number of carbonyl (C=O) groups is 1. The van der Waals surface area contributed by atoms with Crippen molar-refractivity contribution in [1.82, 2.24) is 4.98 Å². The fourth-order valence-corrected chi connectivity index (χ4v) is 2.50. The summed E-state index contributed by atoms with van der Waals surface area (Å²) in [5, 5.41) is 8.92. The molecule has 0 fully saturated rings. The molecule has 3 rings (SSSR count). The molecular weight excluding hydrogens is 254 g/mol. The van der Waals surface area contributed by atoms with Crippen LogP contribution in [0.15, 0.2) is 36.5 Å². The third-order valence-corrected chi connectivity index (χ3v) is 3.51. The minimum absolute atomic E-state index is 0.0135. The fraction of sp³-hybridized carbons (Fsp3) is 0.250. The summed E-state index contributed by atoms with van der Waals surface area (Å²) in [4.78, 5) is 14.7. The van der Waals surface area contributed by atoms with E-state index in [1.54, 1.807) is 6.07 Å². The van der Waals surface area contributed by atoms with E-state index in [9.17, 15) is 4.79 Å². The zero-order valence-corrected chi connectivity index (χ0v) is 11.0. The number of pyridine rings is 1. The van der Waals surface area contributed by atoms with Crippen LogP contribution in [0.5, 0.6) is 11.5 Å². The molecule has 4 heteroatoms. The van der Waals surface area contributed by atoms with Crippen LogP contribution < -0.4 is 4.74 Å². The van der Waals surface area contributed by atoms with E-state index in [2.05, 4.69) is 17.1 Å². The number of nitrogens with zero attached hydrogens (tertiary/aromatic N) is 1. The van der Waals surface area contributed by atoms with Gasteiger partial charge >= 0.3 is 5.97 Å². The zero-order valence-electron chi connectivity index (χ0n) is 11.0. The highest BCUT2D eigenvalue weighted by Crippen LogP contribution is 2.28. The lowest BCUT2D eigenvalue weighted by Crippen LogP contribution is -2.02. The van der Waals surface area contributed by atoms with E-state index in [-0.39, 0.29) is 5.69 Å². The van der Waals surface area contributed by atoms with Gasteiger partial charge in [0.05, 0.1) is 0 Å². The number of rotatable bonds is 3. The van der Waals surface area contributed by atoms with Crippen molar-refractivity contribution < 1.29 is 14.6 Å². The summed E-state index contributed by atoms with van der Waals surface area (Å²) in [7, 11) is 0. The molecule has 0 saturated carbocycles. The first kappa shape index (κ1) is 12.7. The molecule has 1 heterocycles. The number of aromatic carboxylic acids is 1. The first-order valence-electron chi connectivity index (χ1n) is 6.71. The van der Waals surface area contributed by atoms with Crippen LogP contribution in [0.4, 0.5) is 0 Å². The average Bonchev–Trinajstić information content (AvgIpc) is 2.47. The van der Waals surface area contributed by atoms with Crippen LogP contribution in [-0.4, -0.2) is 16.1 Å². The Balaban J connectivity index is 1.84. The summed E-state index contributed by atoms with van der Waals surface area (Å²) in [6.45, 7) is 0. The lowest BCUT2D eigenvalue weighted by molar-refractivity contribution is 0.0690. The van der Waals surface area contributed by atoms with Crippen molar-refractivity contribution in [3.63, 3.8) is 0 Å². The summed E-state index contributed by atoms with van der Waals surface area (Å²) in [6.07, 6.45) is 6.13. The predicted octanol–water partition coefficient (Wildman–Crippen LogP) is 3.45. The Hall–Kier alpha value is -2.36. The van der Waals surface area contributed by atoms with E-state index < -0.39 is 5.97 Å². The molecule has 0 amide bonds. The van der Waals surface area contributed by atoms with Crippen LogP contribution in [-0.2, 0) is 12.8 Å². The maximum absolute atomic E-state index is 10.9. The number of hydrogen-bond acceptors (Lipinski definition) is 3. The standard InChI is InChI=1S/C16H15NO3/c18-16(19)15-10-14(7-8-17-15)20-13-6-5-11-3-1-2-4-12(11)9-13/h5-10H,1-4H2,(H,18,19). The molecule has 0 radical (unpaired) electrons. The van der Waals surface area contributed by atoms with Crippen LogP contribution in [0, 0.1) is 0 Å². The first-order valence-corrected chi connectivity index (χ1v) is 6.71. The molecule has 0 spiro atoms. The van der Waals surface area contributed by atoms with Gasteiger partial charge in [-0.25, -0.2) is 9.78 Å². The van der Waals surface area contributed by atoms with Crippen molar-refractivity contribution in [2.75, 3.05) is 0 Å². The number of aryl methyl sites for hydroxylation is 2. The quantitative estimate of drug-likeness (QED) is 0.927. The van der Waals surface area contributed by atoms with Crippen LogP contribution in [0.1, 0.15) is 34.5 Å². The maximum atomic E-state index is 10.9. The lowest BCUT2D eigenvalue weighted by Gasteiger charge is -2.16. The lowest BCUT2D eigenvalue weighted by atomic mass is 9.92. The van der Waals surface area contributed by atoms with Gasteiger partial charge in [-0.15, -0.1) is 0 Å². The van der Waals surface area contributed by atoms with Crippen LogP contribution in [0.2, 0.25) is 0 Å². The monoisotopic (exact) mass is 269 g/mol. The second-order valence-electron chi connectivity index (χ2n) is 4.92. The molecule has 1 N–H and O–H groups in total. The highest BCUT2D eigenvalue weighted by molar-refractivity contribution is 5.85. The van der Waals surface area contributed by atoms with Crippen LogP contribution in [0.25, 0.3) is 0 Å². The topological polar surface area (TPSA) is 59.4 Å². The first-order chi connectivity index (χ1) is 9.72. The molecule has 1 aliphatic rings. The summed E-state index contributed by atoms with van der Waals surface area (Å²) < 4.78 is 5.73. The zero-order chi connectivity index (χ0) is 13.9. The van der Waals surface area contributed by atoms with Gasteiger partial charge in [0.15, 0.2) is 5.69 Å². The molecule has 20 heavy (non-hydrogen) atoms. The predicted molar refractivity (Wildman–Crippen MR) is 74.4 cm³/mol. The van der Waals surface area contributed by atoms with Crippen molar-refractivity contribution in [1.29, 1.82) is 0 Å². The minimum Gasteiger partial charge on any atom is -0.477 e. The second kappa shape index (κ2) is 5.33. The van der Waals surface area contributed by atoms with Gasteiger partial charge in [0, 0.05) is 12.3 Å². The summed E-state index contributed by atoms with van der Waals surface area (Å²) in [6, 6.07) is 9.18. The third-order valence-electron chi connectivity index (χ3n) is 3.51. The smallest absolute Gasteiger partial charge is 0.354 e. The van der Waals surface area contributed by atoms with E-state index in [1.807, 2.05) is 6.07 Å². The molecule has 102 valence electrons. The molecule has 0 unspecified atom stereocenters. The maximum Gasteiger partial charge on any atom is 0.354 e. The number of fused-ring (bicyclic) bond motifs is 1. The van der Waals surface area contributed by atoms with Crippen molar-refractivity contribution in [2.24, 2.45) is 0 Å². The van der Waals surface area contributed by atoms with E-state index in [4.69, 9.17) is 9.84 Å². The van der Waals surface area contributed by atoms with E-state index in [0.717, 1.165) is 18.6 Å². The van der Waals surface area contributed by atoms with Gasteiger partial charge in [-0.2, -0.15) is 0 Å². The fourth-order valence-electron chi connectivity index (χ4n) is 2.50. The largest absolute Gasteiger partial charge is 0.477 e. The molecule has 2 aromatic rings. The van der Waals surface area contributed by atoms with Gasteiger partial charge in [0.2, 0.25) is 0 Å². The Morgan fingerprint density at radius 1 is 1.05 bits per heavy atom. The van der Waals surface area contributed by atoms with Crippen molar-refractivity contribution in [2.45, 2.75) is 25.7 Å². The number of benzene rings is 1. The summed E-state index contributed by atoms with van der Waals surface area (Å²) in [5.74, 6) is 0.183. The molecular formula is C16H15NO3. The van der Waals surface area contributed by atoms with Gasteiger partial charge in [0.25, 0.3) is 0 Å². The third kappa shape index (κ3) is 2.64. The van der Waals surface area contributed by atoms with Crippen LogP contribution in [0.3, 0.4) is 0 Å². The molecule has 0 aliphatic heterocycles. The molecule has 4 nitrogen and oxygen atoms in total. The average molecular weight is 269 g/mol. The van der Waals surface area contributed by atoms with E-state index in [1.165, 1.54) is 36.2 Å². The van der Waals surface area contributed by atoms with Crippen molar-refractivity contribution >= 4 is 5.97 Å². The number of carboxylic acids is 1. The van der Waals surface area contributed by atoms with E-state index in [0.29, 0.717) is 5.75 Å². The molecule has 0 bridgehead atoms. The highest BCUT2D eigenvalue weighted by Gasteiger charge is 2.11. The molecule has 1 aromatic heterocycles. The number of carboxylic acid groups (broad SMARTS) is 1. The van der Waals surface area contributed by atoms with E-state index >= 15 is 0 Å². The minimum atomic E-state index is -1.05. The van der Waals surface area contributed by atoms with Gasteiger partial charge in [-0.1, -0.05) is 6.07 Å². The van der Waals surface area contributed by atoms with Crippen LogP contribution >= 0.6 is 0 Å². The van der Waals surface area contributed by atoms with Crippen molar-refractivity contribution in [3.8, 4) is 11.5 Å². The SMILES string of the molecule is O=C(O)c1cc(Oc2ccc3c(c2)CCCC3)ccn1. The Morgan fingerprint density at radius 3 is 2.60 bits per heavy atom. The highest BCUT2D eigenvalue weighted by atomic mass is 16.5. The van der Waals surface area contributed by atoms with Gasteiger partial charge in [0.1, 0.15) is 11.5 Å². The Kier molecular flexibility index (Phi) is 3.37. The molecule has 0 atom stereocenters.